The number of benzene rings is 1. The van der Waals surface area contributed by atoms with Crippen molar-refractivity contribution in [3.63, 3.8) is 0 Å². The molecule has 2 nitrogen and oxygen atoms in total. The van der Waals surface area contributed by atoms with Crippen LogP contribution in [0.15, 0.2) is 48.7 Å². The van der Waals surface area contributed by atoms with Gasteiger partial charge in [0.1, 0.15) is 0 Å². The maximum Gasteiger partial charge on any atom is 0.0626 e. The number of aliphatic hydroxyl groups excluding tert-OH is 1. The molecule has 1 aromatic rings. The number of unbranched alkanes of at least 4 members (excludes halogenated alkanes) is 1. The number of hydrogen-bond acceptors (Lipinski definition) is 2. The van der Waals surface area contributed by atoms with Gasteiger partial charge in [-0.1, -0.05) is 36.9 Å². The van der Waals surface area contributed by atoms with Gasteiger partial charge in [0.25, 0.3) is 0 Å². The maximum atomic E-state index is 9.29. The van der Waals surface area contributed by atoms with E-state index in [9.17, 15) is 5.11 Å². The third-order valence-electron chi connectivity index (χ3n) is 2.44. The van der Waals surface area contributed by atoms with Crippen LogP contribution in [-0.4, -0.2) is 18.3 Å². The minimum absolute atomic E-state index is 0.0360. The number of allylic oxidation sites excluding steroid dienone is 1. The molecule has 2 N–H and O–H groups in total. The highest BCUT2D eigenvalue weighted by Gasteiger charge is 2.07. The standard InChI is InChI=1S/C14H19NO/c1-2-3-4-8-11-15-14(12-16)13-9-6-5-7-10-13/h3,5-7,9-10,14-16H,1,4,8,11-12H2/t14-/m0/s1. The molecule has 0 heterocycles. The van der Waals surface area contributed by atoms with Crippen molar-refractivity contribution < 1.29 is 5.11 Å². The van der Waals surface area contributed by atoms with Gasteiger partial charge in [-0.2, -0.15) is 0 Å². The monoisotopic (exact) mass is 217 g/mol. The lowest BCUT2D eigenvalue weighted by Gasteiger charge is -2.16. The van der Waals surface area contributed by atoms with Gasteiger partial charge in [-0.15, -0.1) is 5.73 Å². The Hall–Kier alpha value is -1.34. The van der Waals surface area contributed by atoms with Gasteiger partial charge in [-0.25, -0.2) is 0 Å². The largest absolute Gasteiger partial charge is 0.394 e. The lowest BCUT2D eigenvalue weighted by Crippen LogP contribution is -2.25. The summed E-state index contributed by atoms with van der Waals surface area (Å²) in [6.45, 7) is 4.53. The Morgan fingerprint density at radius 2 is 2.12 bits per heavy atom. The van der Waals surface area contributed by atoms with E-state index in [2.05, 4.69) is 17.6 Å². The molecule has 0 saturated carbocycles. The van der Waals surface area contributed by atoms with Gasteiger partial charge < -0.3 is 10.4 Å². The van der Waals surface area contributed by atoms with Crippen LogP contribution in [-0.2, 0) is 0 Å². The molecule has 0 fully saturated rings. The first-order valence-corrected chi connectivity index (χ1v) is 5.62. The summed E-state index contributed by atoms with van der Waals surface area (Å²) in [5.74, 6) is 0. The van der Waals surface area contributed by atoms with E-state index in [-0.39, 0.29) is 12.6 Å². The second-order valence-corrected chi connectivity index (χ2v) is 3.65. The molecule has 2 heteroatoms. The smallest absolute Gasteiger partial charge is 0.0626 e. The molecule has 0 bridgehead atoms. The Balaban J connectivity index is 2.35. The Labute approximate surface area is 97.3 Å². The predicted octanol–water partition coefficient (Wildman–Crippen LogP) is 2.43. The van der Waals surface area contributed by atoms with E-state index in [0.29, 0.717) is 0 Å². The fourth-order valence-electron chi connectivity index (χ4n) is 1.56. The molecular formula is C14H19NO. The van der Waals surface area contributed by atoms with E-state index < -0.39 is 0 Å². The topological polar surface area (TPSA) is 32.3 Å². The van der Waals surface area contributed by atoms with Crippen molar-refractivity contribution in [2.45, 2.75) is 18.9 Å². The van der Waals surface area contributed by atoms with Gasteiger partial charge >= 0.3 is 0 Å². The maximum absolute atomic E-state index is 9.29. The summed E-state index contributed by atoms with van der Waals surface area (Å²) in [7, 11) is 0. The summed E-state index contributed by atoms with van der Waals surface area (Å²) in [5, 5.41) is 12.6. The minimum atomic E-state index is 0.0360. The van der Waals surface area contributed by atoms with E-state index in [1.165, 1.54) is 0 Å². The van der Waals surface area contributed by atoms with Gasteiger partial charge in [-0.05, 0) is 31.0 Å². The first-order valence-electron chi connectivity index (χ1n) is 5.62. The Morgan fingerprint density at radius 3 is 2.75 bits per heavy atom. The Kier molecular flexibility index (Phi) is 6.28. The van der Waals surface area contributed by atoms with Crippen LogP contribution in [0.4, 0.5) is 0 Å². The van der Waals surface area contributed by atoms with Crippen molar-refractivity contribution >= 4 is 0 Å². The van der Waals surface area contributed by atoms with Crippen molar-refractivity contribution in [1.29, 1.82) is 0 Å². The summed E-state index contributed by atoms with van der Waals surface area (Å²) in [5.41, 5.74) is 3.88. The fourth-order valence-corrected chi connectivity index (χ4v) is 1.56. The van der Waals surface area contributed by atoms with Gasteiger partial charge in [-0.3, -0.25) is 0 Å². The van der Waals surface area contributed by atoms with Crippen LogP contribution in [0.2, 0.25) is 0 Å². The molecule has 0 spiro atoms. The molecule has 0 saturated heterocycles. The van der Waals surface area contributed by atoms with Gasteiger partial charge in [0, 0.05) is 0 Å². The minimum Gasteiger partial charge on any atom is -0.394 e. The van der Waals surface area contributed by atoms with E-state index in [4.69, 9.17) is 0 Å². The predicted molar refractivity (Wildman–Crippen MR) is 67.2 cm³/mol. The first kappa shape index (κ1) is 12.7. The fraction of sp³-hybridized carbons (Fsp3) is 0.357. The molecule has 86 valence electrons. The van der Waals surface area contributed by atoms with Crippen LogP contribution in [0.25, 0.3) is 0 Å². The first-order chi connectivity index (χ1) is 7.88. The second-order valence-electron chi connectivity index (χ2n) is 3.65. The molecule has 0 amide bonds. The zero-order valence-corrected chi connectivity index (χ0v) is 9.52. The third kappa shape index (κ3) is 4.45. The average Bonchev–Trinajstić information content (AvgIpc) is 2.35. The van der Waals surface area contributed by atoms with E-state index >= 15 is 0 Å². The van der Waals surface area contributed by atoms with Crippen LogP contribution >= 0.6 is 0 Å². The van der Waals surface area contributed by atoms with Gasteiger partial charge in [0.05, 0.1) is 12.6 Å². The molecule has 1 rings (SSSR count). The average molecular weight is 217 g/mol. The Bertz CT molecular complexity index is 328. The highest BCUT2D eigenvalue weighted by Crippen LogP contribution is 2.11. The lowest BCUT2D eigenvalue weighted by molar-refractivity contribution is 0.244. The van der Waals surface area contributed by atoms with Crippen LogP contribution in [0.5, 0.6) is 0 Å². The molecule has 0 aromatic heterocycles. The van der Waals surface area contributed by atoms with Crippen molar-refractivity contribution in [1.82, 2.24) is 5.32 Å². The SMILES string of the molecule is C=C=CCCCN[C@@H](CO)c1ccccc1. The van der Waals surface area contributed by atoms with Crippen LogP contribution in [0.1, 0.15) is 24.4 Å². The van der Waals surface area contributed by atoms with E-state index in [0.717, 1.165) is 24.9 Å². The molecule has 0 radical (unpaired) electrons. The number of rotatable bonds is 7. The van der Waals surface area contributed by atoms with Gasteiger partial charge in [0.15, 0.2) is 0 Å². The normalized spacial score (nSPS) is 11.8. The molecule has 0 aliphatic carbocycles. The molecular weight excluding hydrogens is 198 g/mol. The lowest BCUT2D eigenvalue weighted by atomic mass is 10.1. The summed E-state index contributed by atoms with van der Waals surface area (Å²) >= 11 is 0. The summed E-state index contributed by atoms with van der Waals surface area (Å²) < 4.78 is 0. The number of aliphatic hydroxyl groups is 1. The molecule has 1 atom stereocenters. The zero-order valence-electron chi connectivity index (χ0n) is 9.52. The highest BCUT2D eigenvalue weighted by molar-refractivity contribution is 5.18. The highest BCUT2D eigenvalue weighted by atomic mass is 16.3. The summed E-state index contributed by atoms with van der Waals surface area (Å²) in [4.78, 5) is 0. The van der Waals surface area contributed by atoms with Gasteiger partial charge in [0.2, 0.25) is 0 Å². The van der Waals surface area contributed by atoms with Crippen molar-refractivity contribution in [3.8, 4) is 0 Å². The van der Waals surface area contributed by atoms with Crippen LogP contribution in [0.3, 0.4) is 0 Å². The number of hydrogen-bond donors (Lipinski definition) is 2. The molecule has 0 unspecified atom stereocenters. The van der Waals surface area contributed by atoms with Crippen LogP contribution < -0.4 is 5.32 Å². The third-order valence-corrected chi connectivity index (χ3v) is 2.44. The molecule has 1 aromatic carbocycles. The molecule has 0 aliphatic heterocycles. The second kappa shape index (κ2) is 7.89. The van der Waals surface area contributed by atoms with Crippen molar-refractivity contribution in [3.05, 3.63) is 54.3 Å². The molecule has 16 heavy (non-hydrogen) atoms. The number of nitrogens with one attached hydrogen (secondary N) is 1. The zero-order chi connectivity index (χ0) is 11.6. The summed E-state index contributed by atoms with van der Waals surface area (Å²) in [6, 6.07) is 10.0. The van der Waals surface area contributed by atoms with Crippen molar-refractivity contribution in [2.24, 2.45) is 0 Å². The van der Waals surface area contributed by atoms with E-state index in [1.54, 1.807) is 0 Å². The molecule has 0 aliphatic rings. The van der Waals surface area contributed by atoms with Crippen molar-refractivity contribution in [2.75, 3.05) is 13.2 Å². The van der Waals surface area contributed by atoms with E-state index in [1.807, 2.05) is 36.4 Å². The summed E-state index contributed by atoms with van der Waals surface area (Å²) in [6.07, 6.45) is 3.94. The quantitative estimate of drug-likeness (QED) is 0.543. The Morgan fingerprint density at radius 1 is 1.38 bits per heavy atom. The van der Waals surface area contributed by atoms with Crippen LogP contribution in [0, 0.1) is 0 Å².